The van der Waals surface area contributed by atoms with Crippen molar-refractivity contribution in [3.05, 3.63) is 48.0 Å². The van der Waals surface area contributed by atoms with Crippen LogP contribution in [0.2, 0.25) is 0 Å². The van der Waals surface area contributed by atoms with Crippen molar-refractivity contribution in [2.24, 2.45) is 5.73 Å². The number of nitrogens with zero attached hydrogens (tertiary/aromatic N) is 2. The third-order valence-corrected chi connectivity index (χ3v) is 3.70. The van der Waals surface area contributed by atoms with Gasteiger partial charge in [0.15, 0.2) is 0 Å². The Hall–Kier alpha value is -1.40. The van der Waals surface area contributed by atoms with E-state index in [2.05, 4.69) is 4.98 Å². The summed E-state index contributed by atoms with van der Waals surface area (Å²) in [5, 5.41) is 0. The maximum atomic E-state index is 12.7. The van der Waals surface area contributed by atoms with E-state index >= 15 is 0 Å². The fourth-order valence-corrected chi connectivity index (χ4v) is 2.58. The monoisotopic (exact) mass is 283 g/mol. The zero-order chi connectivity index (χ0) is 13.8. The van der Waals surface area contributed by atoms with Gasteiger partial charge in [-0.1, -0.05) is 12.1 Å². The van der Waals surface area contributed by atoms with Gasteiger partial charge in [-0.3, -0.25) is 4.57 Å². The number of aromatic nitrogens is 2. The Morgan fingerprint density at radius 2 is 2.21 bits per heavy atom. The highest BCUT2D eigenvalue weighted by molar-refractivity contribution is 7.98. The molecule has 0 radical (unpaired) electrons. The van der Waals surface area contributed by atoms with E-state index in [4.69, 9.17) is 5.73 Å². The van der Waals surface area contributed by atoms with E-state index < -0.39 is 6.55 Å². The van der Waals surface area contributed by atoms with Crippen molar-refractivity contribution in [1.82, 2.24) is 9.55 Å². The Morgan fingerprint density at radius 1 is 1.42 bits per heavy atom. The fraction of sp³-hybridized carbons (Fsp3) is 0.308. The standard InChI is InChI=1S/C13H15F2N3S/c1-9(16)10-3-2-4-11(7-10)19-8-12-17-5-6-18(12)13(14)15/h2-7,9,13H,8,16H2,1H3. The van der Waals surface area contributed by atoms with Crippen molar-refractivity contribution < 1.29 is 8.78 Å². The Bertz CT molecular complexity index is 540. The van der Waals surface area contributed by atoms with Crippen molar-refractivity contribution in [2.45, 2.75) is 30.2 Å². The van der Waals surface area contributed by atoms with Crippen LogP contribution in [0.15, 0.2) is 41.6 Å². The SMILES string of the molecule is CC(N)c1cccc(SCc2nccn2C(F)F)c1. The van der Waals surface area contributed by atoms with Gasteiger partial charge in [0.2, 0.25) is 0 Å². The summed E-state index contributed by atoms with van der Waals surface area (Å²) in [6, 6.07) is 7.75. The van der Waals surface area contributed by atoms with Crippen LogP contribution in [0.3, 0.4) is 0 Å². The van der Waals surface area contributed by atoms with E-state index in [0.717, 1.165) is 15.0 Å². The maximum absolute atomic E-state index is 12.7. The quantitative estimate of drug-likeness (QED) is 0.853. The highest BCUT2D eigenvalue weighted by Crippen LogP contribution is 2.25. The zero-order valence-corrected chi connectivity index (χ0v) is 11.3. The molecule has 1 unspecified atom stereocenters. The van der Waals surface area contributed by atoms with Gasteiger partial charge in [-0.25, -0.2) is 4.98 Å². The first-order chi connectivity index (χ1) is 9.08. The number of halogens is 2. The molecule has 0 spiro atoms. The molecule has 0 amide bonds. The molecule has 1 aromatic carbocycles. The molecule has 0 saturated carbocycles. The second kappa shape index (κ2) is 6.16. The molecule has 2 aromatic rings. The van der Waals surface area contributed by atoms with Crippen LogP contribution in [0.4, 0.5) is 8.78 Å². The third kappa shape index (κ3) is 3.54. The van der Waals surface area contributed by atoms with Crippen molar-refractivity contribution in [1.29, 1.82) is 0 Å². The Kier molecular flexibility index (Phi) is 4.55. The predicted molar refractivity (Wildman–Crippen MR) is 72.1 cm³/mol. The van der Waals surface area contributed by atoms with Crippen LogP contribution >= 0.6 is 11.8 Å². The molecule has 2 rings (SSSR count). The topological polar surface area (TPSA) is 43.8 Å². The largest absolute Gasteiger partial charge is 0.324 e. The number of benzene rings is 1. The molecule has 102 valence electrons. The maximum Gasteiger partial charge on any atom is 0.319 e. The molecule has 1 atom stereocenters. The molecule has 0 saturated heterocycles. The lowest BCUT2D eigenvalue weighted by Crippen LogP contribution is -2.04. The lowest BCUT2D eigenvalue weighted by Gasteiger charge is -2.09. The van der Waals surface area contributed by atoms with Crippen molar-refractivity contribution in [3.8, 4) is 0 Å². The predicted octanol–water partition coefficient (Wildman–Crippen LogP) is 3.59. The van der Waals surface area contributed by atoms with E-state index in [0.29, 0.717) is 11.6 Å². The summed E-state index contributed by atoms with van der Waals surface area (Å²) in [4.78, 5) is 4.95. The molecule has 1 heterocycles. The molecular formula is C13H15F2N3S. The third-order valence-electron chi connectivity index (χ3n) is 2.71. The number of nitrogens with two attached hydrogens (primary N) is 1. The van der Waals surface area contributed by atoms with E-state index in [1.54, 1.807) is 0 Å². The van der Waals surface area contributed by atoms with Crippen LogP contribution < -0.4 is 5.73 Å². The zero-order valence-electron chi connectivity index (χ0n) is 10.5. The van der Waals surface area contributed by atoms with Crippen LogP contribution in [-0.2, 0) is 5.75 Å². The van der Waals surface area contributed by atoms with Crippen molar-refractivity contribution in [3.63, 3.8) is 0 Å². The fourth-order valence-electron chi connectivity index (χ4n) is 1.67. The smallest absolute Gasteiger partial charge is 0.319 e. The van der Waals surface area contributed by atoms with Crippen LogP contribution in [0.25, 0.3) is 0 Å². The van der Waals surface area contributed by atoms with E-state index in [9.17, 15) is 8.78 Å². The Labute approximate surface area is 114 Å². The molecular weight excluding hydrogens is 268 g/mol. The number of imidazole rings is 1. The molecule has 3 nitrogen and oxygen atoms in total. The van der Waals surface area contributed by atoms with Gasteiger partial charge in [-0.15, -0.1) is 11.8 Å². The first-order valence-electron chi connectivity index (χ1n) is 5.86. The van der Waals surface area contributed by atoms with Crippen LogP contribution in [0, 0.1) is 0 Å². The molecule has 19 heavy (non-hydrogen) atoms. The van der Waals surface area contributed by atoms with Crippen LogP contribution in [-0.4, -0.2) is 9.55 Å². The number of hydrogen-bond donors (Lipinski definition) is 1. The minimum atomic E-state index is -2.55. The van der Waals surface area contributed by atoms with Gasteiger partial charge < -0.3 is 5.73 Å². The highest BCUT2D eigenvalue weighted by atomic mass is 32.2. The lowest BCUT2D eigenvalue weighted by atomic mass is 10.1. The molecule has 0 aliphatic carbocycles. The van der Waals surface area contributed by atoms with E-state index in [1.807, 2.05) is 31.2 Å². The van der Waals surface area contributed by atoms with Gasteiger partial charge >= 0.3 is 6.55 Å². The average molecular weight is 283 g/mol. The average Bonchev–Trinajstić information content (AvgIpc) is 2.85. The number of alkyl halides is 2. The summed E-state index contributed by atoms with van der Waals surface area (Å²) in [6.45, 7) is -0.638. The van der Waals surface area contributed by atoms with Gasteiger partial charge in [0.1, 0.15) is 5.82 Å². The molecule has 0 aliphatic heterocycles. The summed E-state index contributed by atoms with van der Waals surface area (Å²) in [7, 11) is 0. The number of thioether (sulfide) groups is 1. The minimum Gasteiger partial charge on any atom is -0.324 e. The molecule has 6 heteroatoms. The van der Waals surface area contributed by atoms with E-state index in [1.165, 1.54) is 24.2 Å². The normalized spacial score (nSPS) is 12.9. The van der Waals surface area contributed by atoms with Gasteiger partial charge in [0.25, 0.3) is 0 Å². The Balaban J connectivity index is 2.06. The second-order valence-corrected chi connectivity index (χ2v) is 5.23. The van der Waals surface area contributed by atoms with Gasteiger partial charge in [0, 0.05) is 23.3 Å². The summed E-state index contributed by atoms with van der Waals surface area (Å²) >= 11 is 1.47. The summed E-state index contributed by atoms with van der Waals surface area (Å²) in [6.07, 6.45) is 2.68. The van der Waals surface area contributed by atoms with Gasteiger partial charge in [-0.05, 0) is 24.6 Å². The van der Waals surface area contributed by atoms with Crippen molar-refractivity contribution in [2.75, 3.05) is 0 Å². The van der Waals surface area contributed by atoms with Gasteiger partial charge in [0.05, 0.1) is 5.75 Å². The molecule has 0 bridgehead atoms. The van der Waals surface area contributed by atoms with Crippen LogP contribution in [0.5, 0.6) is 0 Å². The first-order valence-corrected chi connectivity index (χ1v) is 6.84. The van der Waals surface area contributed by atoms with Gasteiger partial charge in [-0.2, -0.15) is 8.78 Å². The second-order valence-electron chi connectivity index (χ2n) is 4.18. The molecule has 2 N–H and O–H groups in total. The Morgan fingerprint density at radius 3 is 2.89 bits per heavy atom. The molecule has 0 fully saturated rings. The summed E-state index contributed by atoms with van der Waals surface area (Å²) in [5.41, 5.74) is 6.84. The number of hydrogen-bond acceptors (Lipinski definition) is 3. The minimum absolute atomic E-state index is 0.0383. The summed E-state index contributed by atoms with van der Waals surface area (Å²) < 4.78 is 26.2. The molecule has 1 aromatic heterocycles. The molecule has 0 aliphatic rings. The van der Waals surface area contributed by atoms with Crippen LogP contribution in [0.1, 0.15) is 30.9 Å². The lowest BCUT2D eigenvalue weighted by molar-refractivity contribution is 0.0678. The number of rotatable bonds is 5. The summed E-state index contributed by atoms with van der Waals surface area (Å²) in [5.74, 6) is 0.769. The van der Waals surface area contributed by atoms with E-state index in [-0.39, 0.29) is 6.04 Å². The van der Waals surface area contributed by atoms with Crippen molar-refractivity contribution >= 4 is 11.8 Å². The first kappa shape index (κ1) is 14.0. The highest BCUT2D eigenvalue weighted by Gasteiger charge is 2.11.